The summed E-state index contributed by atoms with van der Waals surface area (Å²) in [6.07, 6.45) is 0.695. The quantitative estimate of drug-likeness (QED) is 0.689. The predicted molar refractivity (Wildman–Crippen MR) is 76.6 cm³/mol. The van der Waals surface area contributed by atoms with E-state index in [-0.39, 0.29) is 8.65 Å². The number of carbonyl (C=O) groups excluding carboxylic acids is 1. The summed E-state index contributed by atoms with van der Waals surface area (Å²) in [4.78, 5) is 24.8. The van der Waals surface area contributed by atoms with Crippen LogP contribution in [0.25, 0.3) is 0 Å². The van der Waals surface area contributed by atoms with Gasteiger partial charge in [0, 0.05) is 12.0 Å². The number of hydrogen-bond acceptors (Lipinski definition) is 3. The molecule has 19 heavy (non-hydrogen) atoms. The molecule has 2 atom stereocenters. The topological polar surface area (TPSA) is 66.8 Å². The van der Waals surface area contributed by atoms with Crippen molar-refractivity contribution in [2.45, 2.75) is 48.5 Å². The highest BCUT2D eigenvalue weighted by Crippen LogP contribution is 2.71. The standard InChI is InChI=1S/C12H17Br2NO4/c1-10(2,3)19-9(18)15-6-11(5-12(11,13)14)4-7(15)8(16)17/h7H,4-6H2,1-3H3,(H,16,17). The predicted octanol–water partition coefficient (Wildman–Crippen LogP) is 2.96. The van der Waals surface area contributed by atoms with Gasteiger partial charge in [0.05, 0.1) is 3.23 Å². The molecule has 2 rings (SSSR count). The summed E-state index contributed by atoms with van der Waals surface area (Å²) in [6, 6.07) is -0.813. The molecule has 0 radical (unpaired) electrons. The Bertz CT molecular complexity index is 432. The highest BCUT2D eigenvalue weighted by Gasteiger charge is 2.70. The molecule has 0 aromatic carbocycles. The van der Waals surface area contributed by atoms with Crippen LogP contribution in [-0.2, 0) is 9.53 Å². The van der Waals surface area contributed by atoms with Crippen molar-refractivity contribution >= 4 is 43.9 Å². The third-order valence-corrected chi connectivity index (χ3v) is 5.80. The second kappa shape index (κ2) is 4.35. The first-order chi connectivity index (χ1) is 8.47. The smallest absolute Gasteiger partial charge is 0.411 e. The van der Waals surface area contributed by atoms with Crippen molar-refractivity contribution in [2.24, 2.45) is 5.41 Å². The molecular formula is C12H17Br2NO4. The number of halogens is 2. The van der Waals surface area contributed by atoms with Crippen molar-refractivity contribution in [1.29, 1.82) is 0 Å². The molecule has 7 heteroatoms. The molecule has 0 aromatic rings. The van der Waals surface area contributed by atoms with Crippen molar-refractivity contribution in [3.63, 3.8) is 0 Å². The van der Waals surface area contributed by atoms with Crippen molar-refractivity contribution < 1.29 is 19.4 Å². The maximum absolute atomic E-state index is 12.1. The average Bonchev–Trinajstić information content (AvgIpc) is 2.55. The number of rotatable bonds is 1. The molecule has 1 saturated carbocycles. The summed E-state index contributed by atoms with van der Waals surface area (Å²) in [7, 11) is 0. The number of carboxylic acids is 1. The third-order valence-electron chi connectivity index (χ3n) is 3.56. The molecule has 108 valence electrons. The third kappa shape index (κ3) is 2.77. The second-order valence-electron chi connectivity index (χ2n) is 6.33. The van der Waals surface area contributed by atoms with Gasteiger partial charge in [-0.3, -0.25) is 4.90 Å². The van der Waals surface area contributed by atoms with E-state index < -0.39 is 23.7 Å². The fourth-order valence-corrected chi connectivity index (χ4v) is 4.14. The maximum Gasteiger partial charge on any atom is 0.411 e. The number of alkyl halides is 2. The van der Waals surface area contributed by atoms with Gasteiger partial charge in [0.2, 0.25) is 0 Å². The van der Waals surface area contributed by atoms with Crippen LogP contribution in [0.2, 0.25) is 0 Å². The van der Waals surface area contributed by atoms with Crippen molar-refractivity contribution in [1.82, 2.24) is 4.90 Å². The van der Waals surface area contributed by atoms with E-state index >= 15 is 0 Å². The van der Waals surface area contributed by atoms with Crippen LogP contribution in [0.1, 0.15) is 33.6 Å². The van der Waals surface area contributed by atoms with E-state index in [1.54, 1.807) is 20.8 Å². The van der Waals surface area contributed by atoms with E-state index in [1.165, 1.54) is 4.90 Å². The van der Waals surface area contributed by atoms with Crippen molar-refractivity contribution in [3.05, 3.63) is 0 Å². The highest BCUT2D eigenvalue weighted by molar-refractivity contribution is 9.25. The Morgan fingerprint density at radius 3 is 2.26 bits per heavy atom. The first-order valence-electron chi connectivity index (χ1n) is 6.08. The Morgan fingerprint density at radius 2 is 1.89 bits per heavy atom. The first-order valence-corrected chi connectivity index (χ1v) is 7.66. The number of aliphatic carboxylic acids is 1. The zero-order valence-electron chi connectivity index (χ0n) is 11.1. The number of carboxylic acid groups (broad SMARTS) is 1. The number of nitrogens with zero attached hydrogens (tertiary/aromatic N) is 1. The summed E-state index contributed by atoms with van der Waals surface area (Å²) in [5, 5.41) is 9.28. The van der Waals surface area contributed by atoms with Gasteiger partial charge in [0.1, 0.15) is 11.6 Å². The van der Waals surface area contributed by atoms with E-state index in [0.717, 1.165) is 6.42 Å². The lowest BCUT2D eigenvalue weighted by Crippen LogP contribution is -2.43. The summed E-state index contributed by atoms with van der Waals surface area (Å²) in [6.45, 7) is 5.70. The first kappa shape index (κ1) is 15.1. The maximum atomic E-state index is 12.1. The molecule has 1 aliphatic heterocycles. The zero-order chi connectivity index (χ0) is 14.6. The molecule has 1 amide bonds. The van der Waals surface area contributed by atoms with Crippen LogP contribution < -0.4 is 0 Å². The Kier molecular flexibility index (Phi) is 3.45. The molecule has 2 fully saturated rings. The SMILES string of the molecule is CC(C)(C)OC(=O)N1CC2(CC1C(=O)O)CC2(Br)Br. The van der Waals surface area contributed by atoms with Crippen LogP contribution in [0.4, 0.5) is 4.79 Å². The molecule has 0 bridgehead atoms. The lowest BCUT2D eigenvalue weighted by molar-refractivity contribution is -0.142. The summed E-state index contributed by atoms with van der Waals surface area (Å²) in [5.41, 5.74) is -0.827. The Hall–Kier alpha value is -0.300. The molecule has 1 N–H and O–H groups in total. The van der Waals surface area contributed by atoms with E-state index in [2.05, 4.69) is 31.9 Å². The van der Waals surface area contributed by atoms with Crippen LogP contribution >= 0.6 is 31.9 Å². The van der Waals surface area contributed by atoms with Gasteiger partial charge >= 0.3 is 12.1 Å². The van der Waals surface area contributed by atoms with Gasteiger partial charge in [-0.15, -0.1) is 0 Å². The van der Waals surface area contributed by atoms with E-state index in [4.69, 9.17) is 4.74 Å². The van der Waals surface area contributed by atoms with Crippen LogP contribution in [-0.4, -0.2) is 43.5 Å². The Labute approximate surface area is 128 Å². The van der Waals surface area contributed by atoms with Gasteiger partial charge < -0.3 is 9.84 Å². The normalized spacial score (nSPS) is 32.5. The van der Waals surface area contributed by atoms with Gasteiger partial charge in [0.15, 0.2) is 0 Å². The Balaban J connectivity index is 2.15. The van der Waals surface area contributed by atoms with Crippen molar-refractivity contribution in [2.75, 3.05) is 6.54 Å². The minimum absolute atomic E-state index is 0.201. The molecule has 0 aromatic heterocycles. The molecule has 2 aliphatic rings. The molecule has 1 aliphatic carbocycles. The van der Waals surface area contributed by atoms with Gasteiger partial charge in [-0.25, -0.2) is 9.59 Å². The molecule has 5 nitrogen and oxygen atoms in total. The average molecular weight is 399 g/mol. The number of likely N-dealkylation sites (tertiary alicyclic amines) is 1. The highest BCUT2D eigenvalue weighted by atomic mass is 79.9. The summed E-state index contributed by atoms with van der Waals surface area (Å²) < 4.78 is 5.03. The zero-order valence-corrected chi connectivity index (χ0v) is 14.2. The molecule has 1 saturated heterocycles. The van der Waals surface area contributed by atoms with Gasteiger partial charge in [-0.05, 0) is 33.6 Å². The Morgan fingerprint density at radius 1 is 1.37 bits per heavy atom. The lowest BCUT2D eigenvalue weighted by Gasteiger charge is -2.26. The van der Waals surface area contributed by atoms with E-state index in [0.29, 0.717) is 13.0 Å². The number of hydrogen-bond donors (Lipinski definition) is 1. The van der Waals surface area contributed by atoms with Crippen LogP contribution in [0, 0.1) is 5.41 Å². The monoisotopic (exact) mass is 397 g/mol. The van der Waals surface area contributed by atoms with Crippen molar-refractivity contribution in [3.8, 4) is 0 Å². The summed E-state index contributed by atoms with van der Waals surface area (Å²) in [5.74, 6) is -0.981. The van der Waals surface area contributed by atoms with Crippen LogP contribution in [0.15, 0.2) is 0 Å². The van der Waals surface area contributed by atoms with E-state index in [9.17, 15) is 14.7 Å². The molecule has 2 unspecified atom stereocenters. The fraction of sp³-hybridized carbons (Fsp3) is 0.833. The minimum Gasteiger partial charge on any atom is -0.480 e. The second-order valence-corrected chi connectivity index (χ2v) is 10.1. The molecular weight excluding hydrogens is 382 g/mol. The molecule has 1 spiro atoms. The fourth-order valence-electron chi connectivity index (χ4n) is 2.49. The summed E-state index contributed by atoms with van der Waals surface area (Å²) >= 11 is 7.06. The van der Waals surface area contributed by atoms with Gasteiger partial charge in [-0.2, -0.15) is 0 Å². The van der Waals surface area contributed by atoms with Crippen LogP contribution in [0.5, 0.6) is 0 Å². The number of ether oxygens (including phenoxy) is 1. The van der Waals surface area contributed by atoms with E-state index in [1.807, 2.05) is 0 Å². The largest absolute Gasteiger partial charge is 0.480 e. The number of amides is 1. The minimum atomic E-state index is -0.981. The number of carbonyl (C=O) groups is 2. The van der Waals surface area contributed by atoms with Gasteiger partial charge in [0.25, 0.3) is 0 Å². The van der Waals surface area contributed by atoms with Crippen LogP contribution in [0.3, 0.4) is 0 Å². The lowest BCUT2D eigenvalue weighted by atomic mass is 10.0. The molecule has 1 heterocycles. The van der Waals surface area contributed by atoms with Gasteiger partial charge in [-0.1, -0.05) is 31.9 Å².